The summed E-state index contributed by atoms with van der Waals surface area (Å²) in [6.45, 7) is 0. The average molecular weight is 367 g/mol. The van der Waals surface area contributed by atoms with Crippen LogP contribution in [0.4, 0.5) is 36.1 Å². The predicted molar refractivity (Wildman–Crippen MR) is 82.5 cm³/mol. The summed E-state index contributed by atoms with van der Waals surface area (Å²) in [7, 11) is 0. The summed E-state index contributed by atoms with van der Waals surface area (Å²) < 4.78 is 39.5. The standard InChI is InChI=1S/C13H8F3N7O3/c14-13(15,16)8-5-9(24)18-12-10(11(17)21-22(8)12)20-19-6-1-3-7(4-2-6)23(25)26/h1-5H,(H2,17,21)(H,18,24). The molecule has 0 saturated heterocycles. The number of fused-ring (bicyclic) bond motifs is 1. The first-order chi connectivity index (χ1) is 12.2. The predicted octanol–water partition coefficient (Wildman–Crippen LogP) is 2.95. The van der Waals surface area contributed by atoms with Crippen LogP contribution in [0.5, 0.6) is 0 Å². The Morgan fingerprint density at radius 2 is 1.88 bits per heavy atom. The third-order valence-electron chi connectivity index (χ3n) is 3.24. The maximum absolute atomic E-state index is 13.0. The summed E-state index contributed by atoms with van der Waals surface area (Å²) in [5.41, 5.74) is 2.61. The van der Waals surface area contributed by atoms with Crippen molar-refractivity contribution in [2.45, 2.75) is 6.18 Å². The van der Waals surface area contributed by atoms with Crippen molar-refractivity contribution >= 4 is 28.5 Å². The van der Waals surface area contributed by atoms with Crippen LogP contribution in [-0.4, -0.2) is 19.5 Å². The Balaban J connectivity index is 2.08. The van der Waals surface area contributed by atoms with Crippen LogP contribution in [0.3, 0.4) is 0 Å². The summed E-state index contributed by atoms with van der Waals surface area (Å²) in [6.07, 6.45) is -4.84. The van der Waals surface area contributed by atoms with Gasteiger partial charge in [-0.2, -0.15) is 18.3 Å². The zero-order chi connectivity index (χ0) is 19.1. The Labute approximate surface area is 140 Å². The minimum atomic E-state index is -4.84. The molecule has 0 aliphatic heterocycles. The number of anilines is 1. The molecule has 2 heterocycles. The highest BCUT2D eigenvalue weighted by molar-refractivity contribution is 5.75. The summed E-state index contributed by atoms with van der Waals surface area (Å²) in [5.74, 6) is -0.386. The van der Waals surface area contributed by atoms with E-state index in [1.165, 1.54) is 24.3 Å². The van der Waals surface area contributed by atoms with Gasteiger partial charge in [-0.25, -0.2) is 4.52 Å². The van der Waals surface area contributed by atoms with Gasteiger partial charge in [0.1, 0.15) is 0 Å². The monoisotopic (exact) mass is 367 g/mol. The largest absolute Gasteiger partial charge is 0.433 e. The normalized spacial score (nSPS) is 12.1. The molecule has 0 spiro atoms. The topological polar surface area (TPSA) is 144 Å². The molecular formula is C13H8F3N7O3. The Bertz CT molecular complexity index is 1080. The van der Waals surface area contributed by atoms with Crippen molar-refractivity contribution in [2.24, 2.45) is 10.2 Å². The van der Waals surface area contributed by atoms with Gasteiger partial charge in [0.05, 0.1) is 10.6 Å². The van der Waals surface area contributed by atoms with E-state index in [9.17, 15) is 28.1 Å². The number of benzene rings is 1. The molecule has 3 N–H and O–H groups in total. The number of nitrogens with one attached hydrogen (secondary N) is 1. The number of nitrogen functional groups attached to an aromatic ring is 1. The van der Waals surface area contributed by atoms with Crippen LogP contribution >= 0.6 is 0 Å². The number of nitrogens with two attached hydrogens (primary N) is 1. The fourth-order valence-electron chi connectivity index (χ4n) is 2.10. The second-order valence-electron chi connectivity index (χ2n) is 4.98. The van der Waals surface area contributed by atoms with E-state index in [1.54, 1.807) is 0 Å². The maximum atomic E-state index is 13.0. The highest BCUT2D eigenvalue weighted by Crippen LogP contribution is 2.33. The first kappa shape index (κ1) is 17.1. The second-order valence-corrected chi connectivity index (χ2v) is 4.98. The number of hydrogen-bond acceptors (Lipinski definition) is 7. The number of non-ortho nitro benzene ring substituents is 1. The SMILES string of the molecule is Nc1nn2c(C(F)(F)F)cc(=O)[nH]c2c1N=Nc1ccc([N+](=O)[O-])cc1. The van der Waals surface area contributed by atoms with Gasteiger partial charge >= 0.3 is 6.18 Å². The molecule has 13 heteroatoms. The molecule has 2 aromatic heterocycles. The Kier molecular flexibility index (Phi) is 3.90. The zero-order valence-electron chi connectivity index (χ0n) is 12.6. The highest BCUT2D eigenvalue weighted by Gasteiger charge is 2.35. The van der Waals surface area contributed by atoms with E-state index in [1.807, 2.05) is 0 Å². The summed E-state index contributed by atoms with van der Waals surface area (Å²) in [5, 5.41) is 21.6. The average Bonchev–Trinajstić information content (AvgIpc) is 2.87. The van der Waals surface area contributed by atoms with Crippen LogP contribution in [0.15, 0.2) is 45.4 Å². The minimum absolute atomic E-state index is 0.168. The van der Waals surface area contributed by atoms with E-state index in [2.05, 4.69) is 20.3 Å². The van der Waals surface area contributed by atoms with Crippen LogP contribution in [0, 0.1) is 10.1 Å². The number of nitro groups is 1. The smallest absolute Gasteiger partial charge is 0.380 e. The second kappa shape index (κ2) is 5.94. The molecule has 3 aromatic rings. The quantitative estimate of drug-likeness (QED) is 0.415. The molecule has 0 fully saturated rings. The van der Waals surface area contributed by atoms with Crippen LogP contribution in [-0.2, 0) is 6.18 Å². The van der Waals surface area contributed by atoms with Gasteiger partial charge in [-0.3, -0.25) is 14.9 Å². The van der Waals surface area contributed by atoms with Crippen molar-refractivity contribution in [3.05, 3.63) is 56.5 Å². The summed E-state index contributed by atoms with van der Waals surface area (Å²) in [4.78, 5) is 23.7. The molecule has 26 heavy (non-hydrogen) atoms. The van der Waals surface area contributed by atoms with Gasteiger partial charge in [0.15, 0.2) is 22.8 Å². The Morgan fingerprint density at radius 3 is 2.46 bits per heavy atom. The van der Waals surface area contributed by atoms with Crippen molar-refractivity contribution in [1.29, 1.82) is 0 Å². The van der Waals surface area contributed by atoms with Gasteiger partial charge in [-0.05, 0) is 12.1 Å². The van der Waals surface area contributed by atoms with Crippen molar-refractivity contribution < 1.29 is 18.1 Å². The zero-order valence-corrected chi connectivity index (χ0v) is 12.6. The third kappa shape index (κ3) is 3.09. The van der Waals surface area contributed by atoms with Crippen LogP contribution < -0.4 is 11.3 Å². The number of nitrogens with zero attached hydrogens (tertiary/aromatic N) is 5. The molecule has 10 nitrogen and oxygen atoms in total. The van der Waals surface area contributed by atoms with Crippen molar-refractivity contribution in [3.63, 3.8) is 0 Å². The molecule has 0 aliphatic carbocycles. The third-order valence-corrected chi connectivity index (χ3v) is 3.24. The van der Waals surface area contributed by atoms with E-state index in [0.29, 0.717) is 10.6 Å². The number of alkyl halides is 3. The van der Waals surface area contributed by atoms with Gasteiger partial charge in [0.25, 0.3) is 11.2 Å². The number of aromatic amines is 1. The molecule has 0 atom stereocenters. The van der Waals surface area contributed by atoms with Gasteiger partial charge in [-0.1, -0.05) is 0 Å². The van der Waals surface area contributed by atoms with Crippen LogP contribution in [0.25, 0.3) is 5.65 Å². The van der Waals surface area contributed by atoms with Gasteiger partial charge in [0, 0.05) is 18.2 Å². The fraction of sp³-hybridized carbons (Fsp3) is 0.0769. The van der Waals surface area contributed by atoms with E-state index >= 15 is 0 Å². The van der Waals surface area contributed by atoms with Gasteiger partial charge in [-0.15, -0.1) is 10.2 Å². The van der Waals surface area contributed by atoms with Crippen molar-refractivity contribution in [1.82, 2.24) is 14.6 Å². The van der Waals surface area contributed by atoms with Gasteiger partial charge < -0.3 is 10.7 Å². The molecule has 134 valence electrons. The molecular weight excluding hydrogens is 359 g/mol. The van der Waals surface area contributed by atoms with Crippen molar-refractivity contribution in [3.8, 4) is 0 Å². The first-order valence-electron chi connectivity index (χ1n) is 6.82. The van der Waals surface area contributed by atoms with Gasteiger partial charge in [0.2, 0.25) is 0 Å². The molecule has 1 aromatic carbocycles. The fourth-order valence-corrected chi connectivity index (χ4v) is 2.10. The maximum Gasteiger partial charge on any atom is 0.433 e. The summed E-state index contributed by atoms with van der Waals surface area (Å²) >= 11 is 0. The molecule has 0 bridgehead atoms. The number of halogens is 3. The van der Waals surface area contributed by atoms with E-state index in [4.69, 9.17) is 5.73 Å². The van der Waals surface area contributed by atoms with E-state index in [0.717, 1.165) is 0 Å². The molecule has 0 unspecified atom stereocenters. The highest BCUT2D eigenvalue weighted by atomic mass is 19.4. The Morgan fingerprint density at radius 1 is 1.23 bits per heavy atom. The lowest BCUT2D eigenvalue weighted by molar-refractivity contribution is -0.384. The van der Waals surface area contributed by atoms with E-state index < -0.39 is 22.4 Å². The Hall–Kier alpha value is -3.77. The van der Waals surface area contributed by atoms with E-state index in [-0.39, 0.29) is 28.5 Å². The minimum Gasteiger partial charge on any atom is -0.380 e. The molecule has 0 radical (unpaired) electrons. The van der Waals surface area contributed by atoms with Crippen LogP contribution in [0.2, 0.25) is 0 Å². The molecule has 3 rings (SSSR count). The lowest BCUT2D eigenvalue weighted by Crippen LogP contribution is -2.19. The first-order valence-corrected chi connectivity index (χ1v) is 6.82. The molecule has 0 aliphatic rings. The summed E-state index contributed by atoms with van der Waals surface area (Å²) in [6, 6.07) is 5.27. The van der Waals surface area contributed by atoms with Crippen LogP contribution in [0.1, 0.15) is 5.69 Å². The van der Waals surface area contributed by atoms with Crippen molar-refractivity contribution in [2.75, 3.05) is 5.73 Å². The number of H-pyrrole nitrogens is 1. The number of rotatable bonds is 3. The lowest BCUT2D eigenvalue weighted by Gasteiger charge is -2.07. The number of azo groups is 1. The lowest BCUT2D eigenvalue weighted by atomic mass is 10.3. The molecule has 0 saturated carbocycles. The molecule has 0 amide bonds. The number of hydrogen-bond donors (Lipinski definition) is 2. The number of nitro benzene ring substituents is 1. The number of aromatic nitrogens is 3.